The van der Waals surface area contributed by atoms with Crippen LogP contribution in [0.5, 0.6) is 0 Å². The van der Waals surface area contributed by atoms with E-state index in [1.807, 2.05) is 66.7 Å². The molecule has 18 atom stereocenters. The number of carboxylic acids is 1. The first-order chi connectivity index (χ1) is 32.2. The van der Waals surface area contributed by atoms with Crippen molar-refractivity contribution in [2.24, 2.45) is 23.2 Å². The number of amides is 1. The van der Waals surface area contributed by atoms with E-state index in [0.717, 1.165) is 11.6 Å². The minimum atomic E-state index is -2.18. The smallest absolute Gasteiger partial charge is 0.328 e. The van der Waals surface area contributed by atoms with E-state index in [-0.39, 0.29) is 50.0 Å². The lowest BCUT2D eigenvalue weighted by molar-refractivity contribution is -0.344. The average Bonchev–Trinajstić information content (AvgIpc) is 3.66. The number of allylic oxidation sites excluding steroid dienone is 9. The van der Waals surface area contributed by atoms with Crippen molar-refractivity contribution >= 4 is 11.9 Å². The maximum absolute atomic E-state index is 14.3. The van der Waals surface area contributed by atoms with Crippen molar-refractivity contribution in [3.8, 4) is 0 Å². The molecule has 6 N–H and O–H groups in total. The van der Waals surface area contributed by atoms with Crippen molar-refractivity contribution in [2.45, 2.75) is 166 Å². The van der Waals surface area contributed by atoms with E-state index in [9.17, 15) is 30.0 Å². The molecule has 1 amide bonds. The van der Waals surface area contributed by atoms with Gasteiger partial charge in [0.05, 0.1) is 61.5 Å². The van der Waals surface area contributed by atoms with Crippen molar-refractivity contribution in [2.75, 3.05) is 34.5 Å². The number of aliphatic carboxylic acids is 1. The highest BCUT2D eigenvalue weighted by atomic mass is 16.7. The minimum Gasteiger partial charge on any atom is -0.478 e. The van der Waals surface area contributed by atoms with E-state index in [4.69, 9.17) is 47.7 Å². The number of aliphatic hydroxyl groups is 4. The lowest BCUT2D eigenvalue weighted by atomic mass is 9.73. The Morgan fingerprint density at radius 3 is 2.25 bits per heavy atom. The zero-order chi connectivity index (χ0) is 50.3. The van der Waals surface area contributed by atoms with E-state index < -0.39 is 103 Å². The summed E-state index contributed by atoms with van der Waals surface area (Å²) in [6.07, 6.45) is 12.8. The van der Waals surface area contributed by atoms with Gasteiger partial charge >= 0.3 is 5.97 Å². The Balaban J connectivity index is 1.49. The molecule has 4 aliphatic heterocycles. The third-order valence-corrected chi connectivity index (χ3v) is 13.7. The van der Waals surface area contributed by atoms with E-state index in [1.165, 1.54) is 20.3 Å². The second kappa shape index (κ2) is 26.7. The number of nitrogens with one attached hydrogen (secondary N) is 1. The van der Waals surface area contributed by atoms with E-state index in [1.54, 1.807) is 62.6 Å². The number of aliphatic hydroxyl groups excluding tert-OH is 3. The predicted molar refractivity (Wildman–Crippen MR) is 253 cm³/mol. The van der Waals surface area contributed by atoms with Crippen LogP contribution in [0.3, 0.4) is 0 Å². The fraction of sp³-hybridized carbons (Fsp3) is 0.686. The highest BCUT2D eigenvalue weighted by Gasteiger charge is 2.56. The minimum absolute atomic E-state index is 0.0651. The fourth-order valence-electron chi connectivity index (χ4n) is 9.11. The molecule has 4 aliphatic rings. The van der Waals surface area contributed by atoms with Crippen molar-refractivity contribution in [1.29, 1.82) is 0 Å². The van der Waals surface area contributed by atoms with Crippen LogP contribution in [0.4, 0.5) is 0 Å². The second-order valence-corrected chi connectivity index (χ2v) is 18.9. The van der Waals surface area contributed by atoms with Crippen LogP contribution in [0.1, 0.15) is 74.7 Å². The SMILES string of the molecule is C/C=C\C=C\[C@@H]1O[C@](O)([C@@H](CO[C@@H]2O[C@@H](C)[C@@H](C)[C@@H](O[C@@H]3C[C@@H](OC)[C@@H](O)[C@H](C)O3)[C@H]2OC)C(=O)NC/C=C/C=C(\C)C(OC)C(C)C2CC(O)C(/C=C/C=C/C=C/C(=O)O)O2)C[C@H](O)C1(C)C. The van der Waals surface area contributed by atoms with Crippen molar-refractivity contribution < 1.29 is 77.8 Å². The van der Waals surface area contributed by atoms with Crippen molar-refractivity contribution in [1.82, 2.24) is 5.32 Å². The number of hydrogen-bond acceptors (Lipinski definition) is 15. The van der Waals surface area contributed by atoms with E-state index >= 15 is 0 Å². The molecular weight excluding hydrogens is 883 g/mol. The topological polar surface area (TPSA) is 230 Å². The Kier molecular flexibility index (Phi) is 22.5. The van der Waals surface area contributed by atoms with Crippen LogP contribution >= 0.6 is 0 Å². The Morgan fingerprint density at radius 1 is 0.882 bits per heavy atom. The van der Waals surface area contributed by atoms with Gasteiger partial charge in [0, 0.05) is 70.5 Å². The Hall–Kier alpha value is -3.40. The summed E-state index contributed by atoms with van der Waals surface area (Å²) in [7, 11) is 4.64. The van der Waals surface area contributed by atoms with Gasteiger partial charge in [0.2, 0.25) is 5.91 Å². The van der Waals surface area contributed by atoms with Crippen LogP contribution < -0.4 is 5.32 Å². The molecule has 0 aromatic rings. The number of rotatable bonds is 22. The second-order valence-electron chi connectivity index (χ2n) is 18.9. The van der Waals surface area contributed by atoms with Crippen LogP contribution in [0.25, 0.3) is 0 Å². The first-order valence-electron chi connectivity index (χ1n) is 23.6. The summed E-state index contributed by atoms with van der Waals surface area (Å²) in [5.74, 6) is -5.51. The molecule has 0 aromatic heterocycles. The van der Waals surface area contributed by atoms with Gasteiger partial charge in [0.25, 0.3) is 0 Å². The number of carboxylic acid groups (broad SMARTS) is 1. The van der Waals surface area contributed by atoms with Gasteiger partial charge in [-0.3, -0.25) is 4.79 Å². The molecule has 0 spiro atoms. The quantitative estimate of drug-likeness (QED) is 0.0651. The van der Waals surface area contributed by atoms with Gasteiger partial charge in [0.15, 0.2) is 18.4 Å². The molecule has 17 heteroatoms. The van der Waals surface area contributed by atoms with E-state index in [0.29, 0.717) is 6.42 Å². The number of carbonyl (C=O) groups excluding carboxylic acids is 1. The van der Waals surface area contributed by atoms with Crippen LogP contribution in [-0.2, 0) is 52.2 Å². The summed E-state index contributed by atoms with van der Waals surface area (Å²) in [6.45, 7) is 14.7. The molecule has 4 heterocycles. The van der Waals surface area contributed by atoms with Crippen LogP contribution in [0, 0.1) is 23.2 Å². The first-order valence-corrected chi connectivity index (χ1v) is 23.6. The van der Waals surface area contributed by atoms with Gasteiger partial charge in [-0.2, -0.15) is 0 Å². The van der Waals surface area contributed by atoms with Gasteiger partial charge in [-0.15, -0.1) is 0 Å². The molecule has 4 fully saturated rings. The molecule has 4 rings (SSSR count). The largest absolute Gasteiger partial charge is 0.478 e. The standard InChI is InChI=1S/C51H79NO16/c1-12-13-16-23-41-50(7,8)40(54)28-51(59,68-41)35(29-63-49-47(62-11)46(31(3)33(5)65-49)67-43-27-39(60-9)44(57)34(6)64-43)48(58)52-25-20-19-21-30(2)45(61-10)32(4)38-26-36(53)37(66-38)22-17-14-15-18-24-42(55)56/h12-24,31-41,43-47,49,53-54,57,59H,25-29H2,1-11H3,(H,52,58)(H,55,56)/b13-12-,15-14+,20-19+,22-17+,23-16+,24-18+,30-21+/t31-,32?,33+,34+,35+,36?,37?,38?,39-,40+,41+,43-,44+,45?,46-,47-,49-,51+/m1/s1. The number of hydrogen-bond donors (Lipinski definition) is 6. The average molecular weight is 962 g/mol. The third-order valence-electron chi connectivity index (χ3n) is 13.7. The van der Waals surface area contributed by atoms with Crippen LogP contribution in [-0.4, -0.2) is 164 Å². The molecule has 0 aromatic carbocycles. The summed E-state index contributed by atoms with van der Waals surface area (Å²) in [6, 6.07) is 0. The Bertz CT molecular complexity index is 1810. The maximum atomic E-state index is 14.3. The van der Waals surface area contributed by atoms with Gasteiger partial charge in [-0.1, -0.05) is 101 Å². The summed E-state index contributed by atoms with van der Waals surface area (Å²) in [5, 5.41) is 56.7. The highest BCUT2D eigenvalue weighted by Crippen LogP contribution is 2.44. The van der Waals surface area contributed by atoms with Gasteiger partial charge in [0.1, 0.15) is 24.2 Å². The lowest BCUT2D eigenvalue weighted by Crippen LogP contribution is -2.62. The van der Waals surface area contributed by atoms with Gasteiger partial charge in [-0.05, 0) is 33.3 Å². The monoisotopic (exact) mass is 962 g/mol. The van der Waals surface area contributed by atoms with Crippen molar-refractivity contribution in [3.63, 3.8) is 0 Å². The summed E-state index contributed by atoms with van der Waals surface area (Å²) < 4.78 is 55.2. The van der Waals surface area contributed by atoms with E-state index in [2.05, 4.69) is 5.32 Å². The first kappa shape index (κ1) is 57.2. The molecule has 68 heavy (non-hydrogen) atoms. The molecule has 0 radical (unpaired) electrons. The Morgan fingerprint density at radius 2 is 1.59 bits per heavy atom. The molecule has 0 bridgehead atoms. The molecule has 4 saturated heterocycles. The lowest BCUT2D eigenvalue weighted by Gasteiger charge is -2.50. The van der Waals surface area contributed by atoms with Crippen LogP contribution in [0.15, 0.2) is 84.6 Å². The molecule has 0 aliphatic carbocycles. The number of methoxy groups -OCH3 is 3. The zero-order valence-electron chi connectivity index (χ0n) is 41.6. The molecule has 0 saturated carbocycles. The normalized spacial score (nSPS) is 37.5. The summed E-state index contributed by atoms with van der Waals surface area (Å²) in [4.78, 5) is 25.0. The van der Waals surface area contributed by atoms with Crippen molar-refractivity contribution in [3.05, 3.63) is 84.6 Å². The molecule has 17 nitrogen and oxygen atoms in total. The zero-order valence-corrected chi connectivity index (χ0v) is 41.6. The summed E-state index contributed by atoms with van der Waals surface area (Å²) >= 11 is 0. The fourth-order valence-corrected chi connectivity index (χ4v) is 9.11. The number of carbonyl (C=O) groups is 2. The Labute approximate surface area is 402 Å². The summed E-state index contributed by atoms with van der Waals surface area (Å²) in [5.41, 5.74) is 0.0601. The molecule has 384 valence electrons. The molecule has 5 unspecified atom stereocenters. The highest BCUT2D eigenvalue weighted by molar-refractivity contribution is 5.80. The third kappa shape index (κ3) is 15.1. The van der Waals surface area contributed by atoms with Gasteiger partial charge < -0.3 is 73.5 Å². The molecular formula is C51H79NO16. The maximum Gasteiger partial charge on any atom is 0.328 e. The predicted octanol–water partition coefficient (Wildman–Crippen LogP) is 4.45. The number of ether oxygens (including phenoxy) is 9. The van der Waals surface area contributed by atoms with Gasteiger partial charge in [-0.25, -0.2) is 4.79 Å². The van der Waals surface area contributed by atoms with Crippen LogP contribution in [0.2, 0.25) is 0 Å².